The molecule has 0 spiro atoms. The fourth-order valence-corrected chi connectivity index (χ4v) is 3.82. The predicted octanol–water partition coefficient (Wildman–Crippen LogP) is 2.91. The van der Waals surface area contributed by atoms with E-state index in [0.29, 0.717) is 18.4 Å². The van der Waals surface area contributed by atoms with Gasteiger partial charge in [0.1, 0.15) is 11.6 Å². The number of hydrogen-bond acceptors (Lipinski definition) is 3. The molecule has 0 saturated heterocycles. The smallest absolute Gasteiger partial charge is 0.266 e. The van der Waals surface area contributed by atoms with Crippen LogP contribution in [0.15, 0.2) is 23.0 Å². The summed E-state index contributed by atoms with van der Waals surface area (Å²) in [4.78, 5) is 26.9. The molecule has 0 aliphatic heterocycles. The third-order valence-electron chi connectivity index (χ3n) is 5.23. The SMILES string of the molecule is Cc1ccc2c(c1)CC[C@H]2NC(=O)CCc1c(C)[nH]c(=O)c(C#N)c1C. The summed E-state index contributed by atoms with van der Waals surface area (Å²) in [7, 11) is 0. The predicted molar refractivity (Wildman–Crippen MR) is 100.0 cm³/mol. The van der Waals surface area contributed by atoms with E-state index in [1.807, 2.05) is 6.07 Å². The highest BCUT2D eigenvalue weighted by Crippen LogP contribution is 2.31. The van der Waals surface area contributed by atoms with E-state index in [4.69, 9.17) is 5.26 Å². The fourth-order valence-electron chi connectivity index (χ4n) is 3.82. The summed E-state index contributed by atoms with van der Waals surface area (Å²) in [5.74, 6) is -0.00747. The van der Waals surface area contributed by atoms with E-state index in [1.165, 1.54) is 16.7 Å². The van der Waals surface area contributed by atoms with Crippen LogP contribution in [0.1, 0.15) is 58.0 Å². The Hall–Kier alpha value is -2.87. The van der Waals surface area contributed by atoms with Gasteiger partial charge >= 0.3 is 0 Å². The molecule has 1 aliphatic rings. The van der Waals surface area contributed by atoms with Gasteiger partial charge in [0, 0.05) is 12.1 Å². The first-order valence-corrected chi connectivity index (χ1v) is 8.92. The quantitative estimate of drug-likeness (QED) is 0.890. The molecule has 0 fully saturated rings. The van der Waals surface area contributed by atoms with Gasteiger partial charge in [0.05, 0.1) is 6.04 Å². The maximum Gasteiger partial charge on any atom is 0.266 e. The molecule has 1 amide bonds. The zero-order chi connectivity index (χ0) is 18.8. The van der Waals surface area contributed by atoms with Gasteiger partial charge in [-0.15, -0.1) is 0 Å². The molecule has 1 aliphatic carbocycles. The molecule has 5 nitrogen and oxygen atoms in total. The maximum absolute atomic E-state index is 12.4. The molecule has 1 atom stereocenters. The van der Waals surface area contributed by atoms with E-state index < -0.39 is 0 Å². The van der Waals surface area contributed by atoms with Crippen molar-refractivity contribution in [2.24, 2.45) is 0 Å². The van der Waals surface area contributed by atoms with Crippen molar-refractivity contribution in [2.75, 3.05) is 0 Å². The zero-order valence-electron chi connectivity index (χ0n) is 15.4. The average molecular weight is 349 g/mol. The third-order valence-corrected chi connectivity index (χ3v) is 5.23. The number of H-pyrrole nitrogens is 1. The molecule has 134 valence electrons. The second kappa shape index (κ2) is 7.17. The molecule has 0 bridgehead atoms. The Labute approximate surface area is 153 Å². The number of hydrogen-bond donors (Lipinski definition) is 2. The molecule has 1 aromatic heterocycles. The summed E-state index contributed by atoms with van der Waals surface area (Å²) in [5.41, 5.74) is 5.81. The molecule has 3 rings (SSSR count). The van der Waals surface area contributed by atoms with E-state index in [2.05, 4.69) is 35.4 Å². The molecule has 0 saturated carbocycles. The highest BCUT2D eigenvalue weighted by atomic mass is 16.1. The normalized spacial score (nSPS) is 15.4. The van der Waals surface area contributed by atoms with Gasteiger partial charge in [0.15, 0.2) is 0 Å². The first kappa shape index (κ1) is 17.9. The minimum absolute atomic E-state index is 0.00747. The summed E-state index contributed by atoms with van der Waals surface area (Å²) in [6, 6.07) is 8.41. The van der Waals surface area contributed by atoms with Crippen molar-refractivity contribution < 1.29 is 4.79 Å². The van der Waals surface area contributed by atoms with Gasteiger partial charge < -0.3 is 10.3 Å². The first-order valence-electron chi connectivity index (χ1n) is 8.92. The molecule has 2 aromatic rings. The Morgan fingerprint density at radius 2 is 2.12 bits per heavy atom. The Morgan fingerprint density at radius 1 is 1.35 bits per heavy atom. The van der Waals surface area contributed by atoms with E-state index in [9.17, 15) is 9.59 Å². The van der Waals surface area contributed by atoms with Gasteiger partial charge in [-0.2, -0.15) is 5.26 Å². The van der Waals surface area contributed by atoms with Crippen LogP contribution >= 0.6 is 0 Å². The van der Waals surface area contributed by atoms with Crippen molar-refractivity contribution in [1.29, 1.82) is 5.26 Å². The summed E-state index contributed by atoms with van der Waals surface area (Å²) in [6.07, 6.45) is 2.75. The molecule has 5 heteroatoms. The number of aryl methyl sites for hydroxylation is 3. The molecule has 1 heterocycles. The minimum Gasteiger partial charge on any atom is -0.349 e. The van der Waals surface area contributed by atoms with Gasteiger partial charge in [0.2, 0.25) is 5.91 Å². The van der Waals surface area contributed by atoms with Crippen molar-refractivity contribution in [3.63, 3.8) is 0 Å². The third kappa shape index (κ3) is 3.41. The number of nitrogens with zero attached hydrogens (tertiary/aromatic N) is 1. The lowest BCUT2D eigenvalue weighted by molar-refractivity contribution is -0.121. The number of carbonyl (C=O) groups excluding carboxylic acids is 1. The maximum atomic E-state index is 12.4. The van der Waals surface area contributed by atoms with Crippen LogP contribution in [-0.4, -0.2) is 10.9 Å². The van der Waals surface area contributed by atoms with Crippen LogP contribution in [0.3, 0.4) is 0 Å². The second-order valence-corrected chi connectivity index (χ2v) is 7.03. The summed E-state index contributed by atoms with van der Waals surface area (Å²) < 4.78 is 0. The zero-order valence-corrected chi connectivity index (χ0v) is 15.4. The minimum atomic E-state index is -0.367. The molecular weight excluding hydrogens is 326 g/mol. The van der Waals surface area contributed by atoms with Gasteiger partial charge in [-0.3, -0.25) is 9.59 Å². The lowest BCUT2D eigenvalue weighted by Gasteiger charge is -2.15. The average Bonchev–Trinajstić information content (AvgIpc) is 2.96. The standard InChI is InChI=1S/C21H23N3O2/c1-12-4-6-17-15(10-12)5-8-19(17)24-20(25)9-7-16-13(2)18(11-22)21(26)23-14(16)3/h4,6,10,19H,5,7-9H2,1-3H3,(H,23,26)(H,24,25)/t19-/m1/s1. The highest BCUT2D eigenvalue weighted by Gasteiger charge is 2.24. The topological polar surface area (TPSA) is 85.8 Å². The van der Waals surface area contributed by atoms with Crippen LogP contribution < -0.4 is 10.9 Å². The van der Waals surface area contributed by atoms with Gasteiger partial charge in [-0.05, 0) is 62.3 Å². The van der Waals surface area contributed by atoms with E-state index in [0.717, 1.165) is 24.1 Å². The summed E-state index contributed by atoms with van der Waals surface area (Å²) >= 11 is 0. The second-order valence-electron chi connectivity index (χ2n) is 7.03. The van der Waals surface area contributed by atoms with E-state index >= 15 is 0 Å². The number of carbonyl (C=O) groups is 1. The van der Waals surface area contributed by atoms with Gasteiger partial charge in [0.25, 0.3) is 5.56 Å². The van der Waals surface area contributed by atoms with Crippen molar-refractivity contribution >= 4 is 5.91 Å². The number of nitriles is 1. The van der Waals surface area contributed by atoms with Gasteiger partial charge in [-0.25, -0.2) is 0 Å². The summed E-state index contributed by atoms with van der Waals surface area (Å²) in [5, 5.41) is 12.3. The van der Waals surface area contributed by atoms with Crippen LogP contribution in [0.5, 0.6) is 0 Å². The van der Waals surface area contributed by atoms with Crippen LogP contribution in [0.2, 0.25) is 0 Å². The molecule has 0 unspecified atom stereocenters. The molecule has 1 aromatic carbocycles. The van der Waals surface area contributed by atoms with Crippen LogP contribution in [0, 0.1) is 32.1 Å². The Kier molecular flexibility index (Phi) is 4.94. The molecular formula is C21H23N3O2. The number of fused-ring (bicyclic) bond motifs is 1. The van der Waals surface area contributed by atoms with Crippen molar-refractivity contribution in [3.05, 3.63) is 67.6 Å². The number of rotatable bonds is 4. The van der Waals surface area contributed by atoms with Crippen molar-refractivity contribution in [2.45, 2.75) is 52.5 Å². The number of amides is 1. The number of aromatic amines is 1. The Bertz CT molecular complexity index is 966. The molecule has 2 N–H and O–H groups in total. The molecule has 0 radical (unpaired) electrons. The lowest BCUT2D eigenvalue weighted by Crippen LogP contribution is -2.27. The summed E-state index contributed by atoms with van der Waals surface area (Å²) in [6.45, 7) is 5.65. The van der Waals surface area contributed by atoms with Crippen molar-refractivity contribution in [1.82, 2.24) is 10.3 Å². The van der Waals surface area contributed by atoms with E-state index in [-0.39, 0.29) is 23.1 Å². The van der Waals surface area contributed by atoms with Crippen LogP contribution in [0.25, 0.3) is 0 Å². The number of benzene rings is 1. The monoisotopic (exact) mass is 349 g/mol. The lowest BCUT2D eigenvalue weighted by atomic mass is 9.99. The van der Waals surface area contributed by atoms with Crippen molar-refractivity contribution in [3.8, 4) is 6.07 Å². The number of pyridine rings is 1. The van der Waals surface area contributed by atoms with Crippen LogP contribution in [0.4, 0.5) is 0 Å². The van der Waals surface area contributed by atoms with Crippen LogP contribution in [-0.2, 0) is 17.6 Å². The fraction of sp³-hybridized carbons (Fsp3) is 0.381. The Morgan fingerprint density at radius 3 is 2.85 bits per heavy atom. The number of nitrogens with one attached hydrogen (secondary N) is 2. The largest absolute Gasteiger partial charge is 0.349 e. The number of aromatic nitrogens is 1. The van der Waals surface area contributed by atoms with Gasteiger partial charge in [-0.1, -0.05) is 23.8 Å². The van der Waals surface area contributed by atoms with E-state index in [1.54, 1.807) is 13.8 Å². The molecule has 26 heavy (non-hydrogen) atoms. The first-order chi connectivity index (χ1) is 12.4. The Balaban J connectivity index is 1.68. The highest BCUT2D eigenvalue weighted by molar-refractivity contribution is 5.77.